The number of aryl methyl sites for hydroxylation is 1. The van der Waals surface area contributed by atoms with Gasteiger partial charge in [-0.15, -0.1) is 0 Å². The van der Waals surface area contributed by atoms with E-state index < -0.39 is 0 Å². The van der Waals surface area contributed by atoms with E-state index in [1.165, 1.54) is 12.8 Å². The molecule has 1 N–H and O–H groups in total. The summed E-state index contributed by atoms with van der Waals surface area (Å²) in [7, 11) is 0. The summed E-state index contributed by atoms with van der Waals surface area (Å²) in [6.07, 6.45) is 13.7. The van der Waals surface area contributed by atoms with Gasteiger partial charge in [0.1, 0.15) is 12.0 Å². The lowest BCUT2D eigenvalue weighted by Gasteiger charge is -2.27. The molecule has 6 heteroatoms. The molecule has 0 atom stereocenters. The van der Waals surface area contributed by atoms with Gasteiger partial charge in [-0.05, 0) is 57.3 Å². The molecule has 0 aliphatic heterocycles. The van der Waals surface area contributed by atoms with Gasteiger partial charge >= 0.3 is 0 Å². The van der Waals surface area contributed by atoms with Crippen LogP contribution in [-0.2, 0) is 12.8 Å². The van der Waals surface area contributed by atoms with E-state index in [0.29, 0.717) is 11.6 Å². The Morgan fingerprint density at radius 3 is 2.72 bits per heavy atom. The highest BCUT2D eigenvalue weighted by atomic mass is 16.2. The first kappa shape index (κ1) is 16.2. The molecule has 2 aliphatic carbocycles. The van der Waals surface area contributed by atoms with Gasteiger partial charge in [0.05, 0.1) is 0 Å². The Morgan fingerprint density at radius 1 is 1.16 bits per heavy atom. The van der Waals surface area contributed by atoms with Crippen LogP contribution in [0.2, 0.25) is 0 Å². The molecule has 2 aromatic heterocycles. The Bertz CT molecular complexity index is 747. The summed E-state index contributed by atoms with van der Waals surface area (Å²) in [6.45, 7) is 2.29. The topological polar surface area (TPSA) is 72.7 Å². The summed E-state index contributed by atoms with van der Waals surface area (Å²) < 4.78 is 1.77. The van der Waals surface area contributed by atoms with Crippen LogP contribution in [0.4, 0.5) is 0 Å². The zero-order chi connectivity index (χ0) is 17.2. The van der Waals surface area contributed by atoms with Gasteiger partial charge in [0.2, 0.25) is 5.95 Å². The van der Waals surface area contributed by atoms with Gasteiger partial charge in [0, 0.05) is 29.7 Å². The smallest absolute Gasteiger partial charge is 0.270 e. The molecule has 4 rings (SSSR count). The maximum absolute atomic E-state index is 13.0. The lowest BCUT2D eigenvalue weighted by Crippen LogP contribution is -2.38. The molecule has 2 aliphatic rings. The molecule has 132 valence electrons. The molecule has 0 spiro atoms. The number of hydrogen-bond donors (Lipinski definition) is 1. The highest BCUT2D eigenvalue weighted by Gasteiger charge is 2.26. The van der Waals surface area contributed by atoms with E-state index in [-0.39, 0.29) is 11.9 Å². The van der Waals surface area contributed by atoms with Gasteiger partial charge in [0.25, 0.3) is 5.91 Å². The van der Waals surface area contributed by atoms with Crippen LogP contribution in [0.5, 0.6) is 0 Å². The highest BCUT2D eigenvalue weighted by Crippen LogP contribution is 2.26. The predicted octanol–water partition coefficient (Wildman–Crippen LogP) is 2.85. The number of rotatable bonds is 3. The van der Waals surface area contributed by atoms with Crippen LogP contribution in [0.3, 0.4) is 0 Å². The van der Waals surface area contributed by atoms with Crippen LogP contribution in [-0.4, -0.2) is 31.5 Å². The molecule has 2 heterocycles. The number of aromatic nitrogens is 4. The summed E-state index contributed by atoms with van der Waals surface area (Å²) in [4.78, 5) is 26.3. The average Bonchev–Trinajstić information content (AvgIpc) is 3.17. The normalized spacial score (nSPS) is 23.1. The first-order chi connectivity index (χ1) is 12.2. The molecule has 25 heavy (non-hydrogen) atoms. The third kappa shape index (κ3) is 3.43. The SMILES string of the molecule is CC1CCC(NC(=O)c2nc(-n3ccnc3)nc3c2CCCC3)CC1. The van der Waals surface area contributed by atoms with Crippen molar-refractivity contribution in [2.75, 3.05) is 0 Å². The van der Waals surface area contributed by atoms with Gasteiger partial charge in [-0.1, -0.05) is 6.92 Å². The lowest BCUT2D eigenvalue weighted by molar-refractivity contribution is 0.0916. The fourth-order valence-corrected chi connectivity index (χ4v) is 3.92. The van der Waals surface area contributed by atoms with E-state index >= 15 is 0 Å². The maximum Gasteiger partial charge on any atom is 0.270 e. The fourth-order valence-electron chi connectivity index (χ4n) is 3.92. The molecule has 0 radical (unpaired) electrons. The van der Waals surface area contributed by atoms with Crippen molar-refractivity contribution in [2.45, 2.75) is 64.3 Å². The summed E-state index contributed by atoms with van der Waals surface area (Å²) in [5.74, 6) is 1.27. The van der Waals surface area contributed by atoms with Gasteiger partial charge in [0.15, 0.2) is 0 Å². The van der Waals surface area contributed by atoms with Crippen molar-refractivity contribution in [3.8, 4) is 5.95 Å². The molecule has 6 nitrogen and oxygen atoms in total. The summed E-state index contributed by atoms with van der Waals surface area (Å²) in [6, 6.07) is 0.273. The fraction of sp³-hybridized carbons (Fsp3) is 0.579. The van der Waals surface area contributed by atoms with Crippen molar-refractivity contribution in [3.05, 3.63) is 35.7 Å². The van der Waals surface area contributed by atoms with Gasteiger partial charge in [-0.2, -0.15) is 0 Å². The molecule has 0 unspecified atom stereocenters. The van der Waals surface area contributed by atoms with Crippen LogP contribution in [0.25, 0.3) is 5.95 Å². The second kappa shape index (κ2) is 6.94. The molecule has 0 bridgehead atoms. The molecule has 1 fully saturated rings. The van der Waals surface area contributed by atoms with Crippen LogP contribution in [0.1, 0.15) is 67.2 Å². The van der Waals surface area contributed by atoms with Crippen LogP contribution in [0.15, 0.2) is 18.7 Å². The monoisotopic (exact) mass is 339 g/mol. The number of nitrogens with one attached hydrogen (secondary N) is 1. The van der Waals surface area contributed by atoms with Crippen molar-refractivity contribution in [3.63, 3.8) is 0 Å². The minimum atomic E-state index is -0.0403. The van der Waals surface area contributed by atoms with Crippen molar-refractivity contribution >= 4 is 5.91 Å². The third-order valence-corrected chi connectivity index (χ3v) is 5.47. The van der Waals surface area contributed by atoms with Gasteiger partial charge in [-0.3, -0.25) is 9.36 Å². The van der Waals surface area contributed by atoms with E-state index in [1.807, 2.05) is 6.20 Å². The first-order valence-corrected chi connectivity index (χ1v) is 9.39. The molecule has 0 saturated heterocycles. The average molecular weight is 339 g/mol. The van der Waals surface area contributed by atoms with Crippen molar-refractivity contribution in [2.24, 2.45) is 5.92 Å². The molecule has 2 aromatic rings. The van der Waals surface area contributed by atoms with E-state index in [2.05, 4.69) is 27.2 Å². The number of carbonyl (C=O) groups excluding carboxylic acids is 1. The largest absolute Gasteiger partial charge is 0.348 e. The maximum atomic E-state index is 13.0. The molecule has 1 saturated carbocycles. The number of fused-ring (bicyclic) bond motifs is 1. The number of hydrogen-bond acceptors (Lipinski definition) is 4. The first-order valence-electron chi connectivity index (χ1n) is 9.39. The molecule has 1 amide bonds. The number of amides is 1. The van der Waals surface area contributed by atoms with E-state index in [0.717, 1.165) is 55.7 Å². The lowest BCUT2D eigenvalue weighted by atomic mass is 9.87. The zero-order valence-electron chi connectivity index (χ0n) is 14.7. The Morgan fingerprint density at radius 2 is 1.96 bits per heavy atom. The highest BCUT2D eigenvalue weighted by molar-refractivity contribution is 5.94. The zero-order valence-corrected chi connectivity index (χ0v) is 14.7. The Kier molecular flexibility index (Phi) is 4.51. The van der Waals surface area contributed by atoms with Crippen LogP contribution < -0.4 is 5.32 Å². The van der Waals surface area contributed by atoms with Crippen molar-refractivity contribution in [1.29, 1.82) is 0 Å². The predicted molar refractivity (Wildman–Crippen MR) is 94.7 cm³/mol. The van der Waals surface area contributed by atoms with E-state index in [1.54, 1.807) is 17.1 Å². The number of carbonyl (C=O) groups is 1. The standard InChI is InChI=1S/C19H25N5O/c1-13-6-8-14(9-7-13)21-18(25)17-15-4-2-3-5-16(15)22-19(23-17)24-11-10-20-12-24/h10-14H,2-9H2,1H3,(H,21,25). The minimum Gasteiger partial charge on any atom is -0.348 e. The van der Waals surface area contributed by atoms with Crippen LogP contribution in [0, 0.1) is 5.92 Å². The Labute approximate surface area is 148 Å². The Balaban J connectivity index is 1.63. The van der Waals surface area contributed by atoms with Crippen molar-refractivity contribution in [1.82, 2.24) is 24.8 Å². The number of nitrogens with zero attached hydrogens (tertiary/aromatic N) is 4. The summed E-state index contributed by atoms with van der Waals surface area (Å²) in [5, 5.41) is 3.22. The summed E-state index contributed by atoms with van der Waals surface area (Å²) >= 11 is 0. The Hall–Kier alpha value is -2.24. The van der Waals surface area contributed by atoms with E-state index in [9.17, 15) is 4.79 Å². The minimum absolute atomic E-state index is 0.0403. The third-order valence-electron chi connectivity index (χ3n) is 5.47. The molecular weight excluding hydrogens is 314 g/mol. The van der Waals surface area contributed by atoms with Gasteiger partial charge in [-0.25, -0.2) is 15.0 Å². The second-order valence-corrected chi connectivity index (χ2v) is 7.40. The quantitative estimate of drug-likeness (QED) is 0.933. The number of imidazole rings is 1. The van der Waals surface area contributed by atoms with Gasteiger partial charge < -0.3 is 5.32 Å². The summed E-state index contributed by atoms with van der Waals surface area (Å²) in [5.41, 5.74) is 2.62. The molecule has 0 aromatic carbocycles. The van der Waals surface area contributed by atoms with Crippen LogP contribution >= 0.6 is 0 Å². The van der Waals surface area contributed by atoms with E-state index in [4.69, 9.17) is 0 Å². The molecular formula is C19H25N5O. The van der Waals surface area contributed by atoms with Crippen molar-refractivity contribution < 1.29 is 4.79 Å². The second-order valence-electron chi connectivity index (χ2n) is 7.40.